The summed E-state index contributed by atoms with van der Waals surface area (Å²) in [5.41, 5.74) is 2.82. The van der Waals surface area contributed by atoms with Crippen LogP contribution in [0.5, 0.6) is 5.75 Å². The Hall–Kier alpha value is -1.80. The lowest BCUT2D eigenvalue weighted by Gasteiger charge is -2.17. The van der Waals surface area contributed by atoms with Gasteiger partial charge in [0.2, 0.25) is 0 Å². The highest BCUT2D eigenvalue weighted by atomic mass is 35.5. The van der Waals surface area contributed by atoms with E-state index in [1.54, 1.807) is 0 Å². The van der Waals surface area contributed by atoms with Crippen LogP contribution in [-0.4, -0.2) is 12.4 Å². The van der Waals surface area contributed by atoms with E-state index < -0.39 is 0 Å². The van der Waals surface area contributed by atoms with Crippen molar-refractivity contribution in [3.8, 4) is 5.75 Å². The van der Waals surface area contributed by atoms with Crippen LogP contribution in [0.4, 0.5) is 0 Å². The normalized spacial score (nSPS) is 13.4. The van der Waals surface area contributed by atoms with Crippen LogP contribution in [-0.2, 0) is 12.8 Å². The second kappa shape index (κ2) is 5.68. The number of hydrogen-bond donors (Lipinski definition) is 0. The number of ether oxygens (including phenoxy) is 1. The average molecular weight is 287 g/mol. The highest BCUT2D eigenvalue weighted by Crippen LogP contribution is 2.26. The molecule has 1 heterocycles. The van der Waals surface area contributed by atoms with Crippen LogP contribution >= 0.6 is 11.6 Å². The summed E-state index contributed by atoms with van der Waals surface area (Å²) >= 11 is 5.94. The average Bonchev–Trinajstić information content (AvgIpc) is 2.47. The Kier molecular flexibility index (Phi) is 3.75. The minimum absolute atomic E-state index is 0.112. The molecule has 3 heteroatoms. The lowest BCUT2D eigenvalue weighted by molar-refractivity contribution is 0.0993. The first kappa shape index (κ1) is 13.2. The Labute approximate surface area is 123 Å². The maximum Gasteiger partial charge on any atom is 0.167 e. The summed E-state index contributed by atoms with van der Waals surface area (Å²) in [7, 11) is 0. The zero-order valence-corrected chi connectivity index (χ0v) is 11.8. The fraction of sp³-hybridized carbons (Fsp3) is 0.235. The predicted octanol–water partition coefficient (Wildman–Crippen LogP) is 4.09. The van der Waals surface area contributed by atoms with Gasteiger partial charge in [0.25, 0.3) is 0 Å². The van der Waals surface area contributed by atoms with Crippen molar-refractivity contribution in [2.45, 2.75) is 19.3 Å². The molecule has 1 aliphatic heterocycles. The maximum absolute atomic E-state index is 12.3. The molecular weight excluding hydrogens is 272 g/mol. The van der Waals surface area contributed by atoms with Crippen LogP contribution < -0.4 is 4.74 Å². The summed E-state index contributed by atoms with van der Waals surface area (Å²) in [6.45, 7) is 0.767. The van der Waals surface area contributed by atoms with Gasteiger partial charge in [-0.2, -0.15) is 0 Å². The lowest BCUT2D eigenvalue weighted by Crippen LogP contribution is -2.10. The molecule has 0 amide bonds. The minimum atomic E-state index is 0.112. The molecule has 2 aromatic rings. The second-order valence-corrected chi connectivity index (χ2v) is 5.44. The van der Waals surface area contributed by atoms with E-state index in [9.17, 15) is 4.79 Å². The topological polar surface area (TPSA) is 26.3 Å². The van der Waals surface area contributed by atoms with Crippen molar-refractivity contribution >= 4 is 17.4 Å². The minimum Gasteiger partial charge on any atom is -0.493 e. The van der Waals surface area contributed by atoms with Crippen LogP contribution in [0.2, 0.25) is 5.02 Å². The predicted molar refractivity (Wildman–Crippen MR) is 79.7 cm³/mol. The van der Waals surface area contributed by atoms with Crippen molar-refractivity contribution in [2.24, 2.45) is 0 Å². The zero-order chi connectivity index (χ0) is 13.9. The number of carbonyl (C=O) groups excluding carboxylic acids is 1. The van der Waals surface area contributed by atoms with E-state index >= 15 is 0 Å². The van der Waals surface area contributed by atoms with Gasteiger partial charge in [-0.1, -0.05) is 23.7 Å². The monoisotopic (exact) mass is 286 g/mol. The molecule has 2 nitrogen and oxygen atoms in total. The van der Waals surface area contributed by atoms with Gasteiger partial charge in [-0.05, 0) is 54.3 Å². The largest absolute Gasteiger partial charge is 0.493 e. The van der Waals surface area contributed by atoms with Gasteiger partial charge < -0.3 is 4.74 Å². The molecule has 0 atom stereocenters. The molecule has 0 aromatic heterocycles. The molecule has 20 heavy (non-hydrogen) atoms. The number of fused-ring (bicyclic) bond motifs is 1. The fourth-order valence-electron chi connectivity index (χ4n) is 2.47. The molecule has 0 spiro atoms. The molecule has 0 N–H and O–H groups in total. The summed E-state index contributed by atoms with van der Waals surface area (Å²) in [6.07, 6.45) is 2.37. The van der Waals surface area contributed by atoms with Gasteiger partial charge in [-0.3, -0.25) is 4.79 Å². The standard InChI is InChI=1S/C17H15ClO2/c18-15-5-1-3-12(9-15)10-16(19)13-6-7-17-14(11-13)4-2-8-20-17/h1,3,5-7,9,11H,2,4,8,10H2. The SMILES string of the molecule is O=C(Cc1cccc(Cl)c1)c1ccc2c(c1)CCCO2. The van der Waals surface area contributed by atoms with Crippen LogP contribution in [0.15, 0.2) is 42.5 Å². The molecule has 1 aliphatic rings. The summed E-state index contributed by atoms with van der Waals surface area (Å²) in [6, 6.07) is 13.1. The third kappa shape index (κ3) is 2.86. The van der Waals surface area contributed by atoms with Gasteiger partial charge in [0.05, 0.1) is 6.61 Å². The van der Waals surface area contributed by atoms with Gasteiger partial charge in [0.1, 0.15) is 5.75 Å². The first-order valence-corrected chi connectivity index (χ1v) is 7.13. The Morgan fingerprint density at radius 2 is 2.10 bits per heavy atom. The van der Waals surface area contributed by atoms with E-state index in [-0.39, 0.29) is 5.78 Å². The third-order valence-corrected chi connectivity index (χ3v) is 3.72. The lowest BCUT2D eigenvalue weighted by atomic mass is 9.98. The third-order valence-electron chi connectivity index (χ3n) is 3.48. The summed E-state index contributed by atoms with van der Waals surface area (Å²) in [5.74, 6) is 1.02. The molecule has 102 valence electrons. The molecule has 0 unspecified atom stereocenters. The second-order valence-electron chi connectivity index (χ2n) is 5.00. The molecule has 0 saturated carbocycles. The first-order chi connectivity index (χ1) is 9.72. The van der Waals surface area contributed by atoms with E-state index in [1.807, 2.05) is 42.5 Å². The number of hydrogen-bond acceptors (Lipinski definition) is 2. The molecule has 3 rings (SSSR count). The molecule has 0 aliphatic carbocycles. The van der Waals surface area contributed by atoms with Crippen LogP contribution in [0, 0.1) is 0 Å². The van der Waals surface area contributed by atoms with E-state index in [1.165, 1.54) is 0 Å². The van der Waals surface area contributed by atoms with Crippen molar-refractivity contribution in [2.75, 3.05) is 6.61 Å². The number of Topliss-reactive ketones (excluding diaryl/α,β-unsaturated/α-hetero) is 1. The van der Waals surface area contributed by atoms with E-state index in [2.05, 4.69) is 0 Å². The van der Waals surface area contributed by atoms with Crippen LogP contribution in [0.3, 0.4) is 0 Å². The molecule has 2 aromatic carbocycles. The Morgan fingerprint density at radius 3 is 2.95 bits per heavy atom. The fourth-order valence-corrected chi connectivity index (χ4v) is 2.68. The maximum atomic E-state index is 12.3. The Morgan fingerprint density at radius 1 is 1.20 bits per heavy atom. The van der Waals surface area contributed by atoms with Crippen molar-refractivity contribution in [1.82, 2.24) is 0 Å². The molecular formula is C17H15ClO2. The highest BCUT2D eigenvalue weighted by Gasteiger charge is 2.14. The van der Waals surface area contributed by atoms with Crippen LogP contribution in [0.25, 0.3) is 0 Å². The van der Waals surface area contributed by atoms with E-state index in [0.717, 1.165) is 41.9 Å². The van der Waals surface area contributed by atoms with E-state index in [0.29, 0.717) is 11.4 Å². The van der Waals surface area contributed by atoms with Crippen molar-refractivity contribution in [3.63, 3.8) is 0 Å². The van der Waals surface area contributed by atoms with Gasteiger partial charge in [0.15, 0.2) is 5.78 Å². The number of halogens is 1. The van der Waals surface area contributed by atoms with Crippen molar-refractivity contribution < 1.29 is 9.53 Å². The summed E-state index contributed by atoms with van der Waals surface area (Å²) in [5, 5.41) is 0.661. The van der Waals surface area contributed by atoms with E-state index in [4.69, 9.17) is 16.3 Å². The summed E-state index contributed by atoms with van der Waals surface area (Å²) < 4.78 is 5.56. The Balaban J connectivity index is 1.80. The molecule has 0 radical (unpaired) electrons. The van der Waals surface area contributed by atoms with Gasteiger partial charge in [0, 0.05) is 17.0 Å². The molecule has 0 saturated heterocycles. The number of benzene rings is 2. The number of rotatable bonds is 3. The van der Waals surface area contributed by atoms with Crippen LogP contribution in [0.1, 0.15) is 27.9 Å². The molecule has 0 fully saturated rings. The number of carbonyl (C=O) groups is 1. The first-order valence-electron chi connectivity index (χ1n) is 6.76. The number of aryl methyl sites for hydroxylation is 1. The zero-order valence-electron chi connectivity index (χ0n) is 11.1. The van der Waals surface area contributed by atoms with Gasteiger partial charge in [-0.15, -0.1) is 0 Å². The number of ketones is 1. The molecule has 0 bridgehead atoms. The van der Waals surface area contributed by atoms with Crippen molar-refractivity contribution in [3.05, 3.63) is 64.2 Å². The van der Waals surface area contributed by atoms with Gasteiger partial charge >= 0.3 is 0 Å². The van der Waals surface area contributed by atoms with Crippen molar-refractivity contribution in [1.29, 1.82) is 0 Å². The van der Waals surface area contributed by atoms with Gasteiger partial charge in [-0.25, -0.2) is 0 Å². The quantitative estimate of drug-likeness (QED) is 0.795. The Bertz CT molecular complexity index is 649. The smallest absolute Gasteiger partial charge is 0.167 e. The highest BCUT2D eigenvalue weighted by molar-refractivity contribution is 6.30. The summed E-state index contributed by atoms with van der Waals surface area (Å²) in [4.78, 5) is 12.3.